The molecule has 4 rings (SSSR count). The summed E-state index contributed by atoms with van der Waals surface area (Å²) in [6.45, 7) is 0. The van der Waals surface area contributed by atoms with E-state index in [-0.39, 0.29) is 0 Å². The monoisotopic (exact) mass is 366 g/mol. The average Bonchev–Trinajstić information content (AvgIpc) is 3.28. The van der Waals surface area contributed by atoms with E-state index >= 15 is 0 Å². The molecule has 0 saturated carbocycles. The van der Waals surface area contributed by atoms with Gasteiger partial charge in [-0.25, -0.2) is 13.4 Å². The van der Waals surface area contributed by atoms with Crippen LogP contribution in [0.15, 0.2) is 76.6 Å². The molecular formula is C20H18N2O3S. The molecule has 26 heavy (non-hydrogen) atoms. The van der Waals surface area contributed by atoms with Gasteiger partial charge in [0.1, 0.15) is 5.65 Å². The van der Waals surface area contributed by atoms with Gasteiger partial charge in [-0.2, -0.15) is 0 Å². The molecule has 132 valence electrons. The summed E-state index contributed by atoms with van der Waals surface area (Å²) in [5, 5.41) is 1.05. The molecule has 0 saturated heterocycles. The Labute approximate surface area is 151 Å². The van der Waals surface area contributed by atoms with E-state index < -0.39 is 9.84 Å². The van der Waals surface area contributed by atoms with Gasteiger partial charge >= 0.3 is 0 Å². The summed E-state index contributed by atoms with van der Waals surface area (Å²) in [5.41, 5.74) is 3.90. The molecule has 3 aromatic heterocycles. The third-order valence-electron chi connectivity index (χ3n) is 4.39. The molecule has 3 heterocycles. The Balaban J connectivity index is 1.66. The first kappa shape index (κ1) is 16.6. The lowest BCUT2D eigenvalue weighted by molar-refractivity contribution is 0.563. The number of furan rings is 1. The molecule has 5 nitrogen and oxygen atoms in total. The summed E-state index contributed by atoms with van der Waals surface area (Å²) in [6.07, 6.45) is 8.29. The van der Waals surface area contributed by atoms with Crippen LogP contribution < -0.4 is 0 Å². The number of benzene rings is 1. The maximum absolute atomic E-state index is 11.6. The van der Waals surface area contributed by atoms with Crippen molar-refractivity contribution in [2.75, 3.05) is 6.26 Å². The number of hydrogen-bond acceptors (Lipinski definition) is 4. The second-order valence-electron chi connectivity index (χ2n) is 6.30. The minimum absolute atomic E-state index is 0.312. The quantitative estimate of drug-likeness (QED) is 0.539. The van der Waals surface area contributed by atoms with Crippen molar-refractivity contribution in [3.8, 4) is 5.69 Å². The third kappa shape index (κ3) is 3.28. The number of sulfone groups is 1. The van der Waals surface area contributed by atoms with E-state index in [0.717, 1.165) is 40.8 Å². The largest absolute Gasteiger partial charge is 0.472 e. The van der Waals surface area contributed by atoms with Gasteiger partial charge < -0.3 is 8.98 Å². The van der Waals surface area contributed by atoms with Crippen LogP contribution in [0.1, 0.15) is 11.3 Å². The molecule has 0 aliphatic heterocycles. The smallest absolute Gasteiger partial charge is 0.175 e. The van der Waals surface area contributed by atoms with Gasteiger partial charge in [0, 0.05) is 29.2 Å². The van der Waals surface area contributed by atoms with Crippen molar-refractivity contribution in [3.05, 3.63) is 78.5 Å². The zero-order valence-corrected chi connectivity index (χ0v) is 15.1. The molecule has 0 N–H and O–H groups in total. The maximum atomic E-state index is 11.6. The van der Waals surface area contributed by atoms with E-state index in [2.05, 4.69) is 6.07 Å². The molecule has 6 heteroatoms. The lowest BCUT2D eigenvalue weighted by Gasteiger charge is -2.07. The second kappa shape index (κ2) is 6.46. The lowest BCUT2D eigenvalue weighted by Crippen LogP contribution is -2.00. The topological polar surface area (TPSA) is 65.1 Å². The Morgan fingerprint density at radius 1 is 1.00 bits per heavy atom. The molecule has 0 radical (unpaired) electrons. The van der Waals surface area contributed by atoms with Crippen LogP contribution in [0.2, 0.25) is 0 Å². The van der Waals surface area contributed by atoms with Crippen molar-refractivity contribution in [1.82, 2.24) is 9.55 Å². The van der Waals surface area contributed by atoms with Crippen LogP contribution in [0.4, 0.5) is 0 Å². The van der Waals surface area contributed by atoms with Crippen LogP contribution in [0.5, 0.6) is 0 Å². The van der Waals surface area contributed by atoms with Crippen LogP contribution in [0.3, 0.4) is 0 Å². The predicted octanol–water partition coefficient (Wildman–Crippen LogP) is 3.81. The van der Waals surface area contributed by atoms with E-state index in [1.807, 2.05) is 29.0 Å². The Morgan fingerprint density at radius 3 is 2.50 bits per heavy atom. The van der Waals surface area contributed by atoms with Crippen LogP contribution in [-0.2, 0) is 22.7 Å². The molecular weight excluding hydrogens is 348 g/mol. The van der Waals surface area contributed by atoms with Crippen molar-refractivity contribution in [1.29, 1.82) is 0 Å². The number of rotatable bonds is 5. The summed E-state index contributed by atoms with van der Waals surface area (Å²) in [7, 11) is -3.20. The zero-order valence-electron chi connectivity index (χ0n) is 14.3. The molecule has 0 aliphatic rings. The molecule has 0 bridgehead atoms. The van der Waals surface area contributed by atoms with Crippen molar-refractivity contribution in [2.24, 2.45) is 0 Å². The van der Waals surface area contributed by atoms with Crippen molar-refractivity contribution < 1.29 is 12.8 Å². The van der Waals surface area contributed by atoms with Crippen LogP contribution in [0.25, 0.3) is 16.7 Å². The highest BCUT2D eigenvalue weighted by Crippen LogP contribution is 2.21. The first-order valence-corrected chi connectivity index (χ1v) is 10.2. The van der Waals surface area contributed by atoms with Gasteiger partial charge in [-0.15, -0.1) is 0 Å². The second-order valence-corrected chi connectivity index (χ2v) is 8.31. The standard InChI is InChI=1S/C20H18N2O3S/c1-26(23,24)19-8-6-18(7-9-19)22-12-10-16-3-5-17(21-20(16)22)4-2-15-11-13-25-14-15/h3,5-14H,2,4H2,1H3. The van der Waals surface area contributed by atoms with Crippen molar-refractivity contribution >= 4 is 20.9 Å². The van der Waals surface area contributed by atoms with E-state index in [4.69, 9.17) is 9.40 Å². The van der Waals surface area contributed by atoms with Gasteiger partial charge in [-0.1, -0.05) is 0 Å². The van der Waals surface area contributed by atoms with Gasteiger partial charge in [-0.3, -0.25) is 0 Å². The summed E-state index contributed by atoms with van der Waals surface area (Å²) in [5.74, 6) is 0. The summed E-state index contributed by atoms with van der Waals surface area (Å²) >= 11 is 0. The Morgan fingerprint density at radius 2 is 1.81 bits per heavy atom. The molecule has 0 aliphatic carbocycles. The van der Waals surface area contributed by atoms with Crippen LogP contribution in [0, 0.1) is 0 Å². The van der Waals surface area contributed by atoms with Gasteiger partial charge in [-0.05, 0) is 66.9 Å². The molecule has 0 unspecified atom stereocenters. The summed E-state index contributed by atoms with van der Waals surface area (Å²) in [6, 6.07) is 14.9. The van der Waals surface area contributed by atoms with E-state index in [1.54, 1.807) is 36.8 Å². The Bertz CT molecular complexity index is 1140. The number of aromatic nitrogens is 2. The van der Waals surface area contributed by atoms with Crippen LogP contribution in [-0.4, -0.2) is 24.2 Å². The first-order chi connectivity index (χ1) is 12.5. The number of fused-ring (bicyclic) bond motifs is 1. The van der Waals surface area contributed by atoms with Gasteiger partial charge in [0.05, 0.1) is 17.4 Å². The minimum Gasteiger partial charge on any atom is -0.472 e. The highest BCUT2D eigenvalue weighted by atomic mass is 32.2. The highest BCUT2D eigenvalue weighted by molar-refractivity contribution is 7.90. The number of hydrogen-bond donors (Lipinski definition) is 0. The fourth-order valence-corrected chi connectivity index (χ4v) is 3.59. The van der Waals surface area contributed by atoms with Gasteiger partial charge in [0.2, 0.25) is 0 Å². The first-order valence-electron chi connectivity index (χ1n) is 8.29. The number of nitrogens with zero attached hydrogens (tertiary/aromatic N) is 2. The molecule has 4 aromatic rings. The predicted molar refractivity (Wildman–Crippen MR) is 100 cm³/mol. The minimum atomic E-state index is -3.20. The lowest BCUT2D eigenvalue weighted by atomic mass is 10.1. The van der Waals surface area contributed by atoms with Gasteiger partial charge in [0.25, 0.3) is 0 Å². The Kier molecular flexibility index (Phi) is 4.12. The molecule has 0 amide bonds. The molecule has 0 fully saturated rings. The molecule has 0 atom stereocenters. The highest BCUT2D eigenvalue weighted by Gasteiger charge is 2.09. The maximum Gasteiger partial charge on any atom is 0.175 e. The summed E-state index contributed by atoms with van der Waals surface area (Å²) < 4.78 is 30.3. The fraction of sp³-hybridized carbons (Fsp3) is 0.150. The number of aryl methyl sites for hydroxylation is 2. The molecule has 1 aromatic carbocycles. The van der Waals surface area contributed by atoms with Crippen molar-refractivity contribution in [2.45, 2.75) is 17.7 Å². The fourth-order valence-electron chi connectivity index (χ4n) is 2.96. The average molecular weight is 366 g/mol. The summed E-state index contributed by atoms with van der Waals surface area (Å²) in [4.78, 5) is 5.11. The number of pyridine rings is 1. The van der Waals surface area contributed by atoms with Crippen molar-refractivity contribution in [3.63, 3.8) is 0 Å². The molecule has 0 spiro atoms. The van der Waals surface area contributed by atoms with Gasteiger partial charge in [0.15, 0.2) is 9.84 Å². The Hall–Kier alpha value is -2.86. The SMILES string of the molecule is CS(=O)(=O)c1ccc(-n2ccc3ccc(CCc4ccoc4)nc32)cc1. The van der Waals surface area contributed by atoms with E-state index in [1.165, 1.54) is 6.26 Å². The third-order valence-corrected chi connectivity index (χ3v) is 5.52. The van der Waals surface area contributed by atoms with E-state index in [0.29, 0.717) is 4.90 Å². The van der Waals surface area contributed by atoms with E-state index in [9.17, 15) is 8.42 Å². The normalized spacial score (nSPS) is 11.9. The van der Waals surface area contributed by atoms with Crippen LogP contribution >= 0.6 is 0 Å². The zero-order chi connectivity index (χ0) is 18.1.